The Morgan fingerprint density at radius 1 is 0.974 bits per heavy atom. The molecule has 202 valence electrons. The smallest absolute Gasteiger partial charge is 0.343 e. The molecule has 0 spiro atoms. The second-order valence-electron chi connectivity index (χ2n) is 8.94. The number of nitrogen functional groups attached to an aromatic ring is 1. The van der Waals surface area contributed by atoms with Crippen molar-refractivity contribution in [2.45, 2.75) is 58.7 Å². The lowest BCUT2D eigenvalue weighted by atomic mass is 10.0. The first kappa shape index (κ1) is 28.5. The number of nitrogens with two attached hydrogens (primary N) is 1. The third-order valence-corrected chi connectivity index (χ3v) is 5.86. The topological polar surface area (TPSA) is 134 Å². The molecule has 0 fully saturated rings. The Kier molecular flexibility index (Phi) is 10.5. The van der Waals surface area contributed by atoms with Crippen LogP contribution in [0.25, 0.3) is 11.1 Å². The average Bonchev–Trinajstić information content (AvgIpc) is 2.89. The van der Waals surface area contributed by atoms with Gasteiger partial charge in [-0.3, -0.25) is 10.1 Å². The molecule has 3 aromatic rings. The summed E-state index contributed by atoms with van der Waals surface area (Å²) < 4.78 is 16.2. The Morgan fingerprint density at radius 2 is 1.61 bits per heavy atom. The average molecular weight is 523 g/mol. The van der Waals surface area contributed by atoms with Gasteiger partial charge in [0, 0.05) is 23.4 Å². The van der Waals surface area contributed by atoms with Crippen molar-refractivity contribution in [1.29, 1.82) is 0 Å². The van der Waals surface area contributed by atoms with Crippen molar-refractivity contribution in [3.05, 3.63) is 76.3 Å². The molecule has 0 aliphatic carbocycles. The summed E-state index contributed by atoms with van der Waals surface area (Å²) in [6, 6.07) is 15.6. The zero-order chi connectivity index (χ0) is 27.5. The summed E-state index contributed by atoms with van der Waals surface area (Å²) in [5, 5.41) is 21.0. The quantitative estimate of drug-likeness (QED) is 0.0465. The van der Waals surface area contributed by atoms with Crippen molar-refractivity contribution in [1.82, 2.24) is 0 Å². The van der Waals surface area contributed by atoms with Gasteiger partial charge in [0.15, 0.2) is 12.0 Å². The molecule has 0 saturated heterocycles. The van der Waals surface area contributed by atoms with E-state index in [0.717, 1.165) is 19.3 Å². The van der Waals surface area contributed by atoms with E-state index in [4.69, 9.17) is 19.9 Å². The zero-order valence-electron chi connectivity index (χ0n) is 21.7. The second kappa shape index (κ2) is 14.0. The number of nitro groups is 1. The van der Waals surface area contributed by atoms with Crippen LogP contribution in [-0.4, -0.2) is 28.9 Å². The SMILES string of the molecule is CCCCCCCCOc1cc(N)c(-c2ccc(C(=O)Oc3ccc(OC(C)O)cc3)cc2)cc1[N+](=O)[O-]. The van der Waals surface area contributed by atoms with Crippen molar-refractivity contribution in [2.75, 3.05) is 12.3 Å². The summed E-state index contributed by atoms with van der Waals surface area (Å²) in [5.74, 6) is 0.330. The van der Waals surface area contributed by atoms with E-state index in [9.17, 15) is 20.0 Å². The number of anilines is 1. The number of unbranched alkanes of at least 4 members (excludes halogenated alkanes) is 5. The Balaban J connectivity index is 1.66. The third-order valence-electron chi connectivity index (χ3n) is 5.86. The van der Waals surface area contributed by atoms with Gasteiger partial charge in [-0.25, -0.2) is 4.79 Å². The summed E-state index contributed by atoms with van der Waals surface area (Å²) in [6.45, 7) is 4.04. The van der Waals surface area contributed by atoms with Crippen LogP contribution in [0.1, 0.15) is 62.7 Å². The number of carbonyl (C=O) groups excluding carboxylic acids is 1. The summed E-state index contributed by atoms with van der Waals surface area (Å²) >= 11 is 0. The van der Waals surface area contributed by atoms with Crippen LogP contribution in [0.15, 0.2) is 60.7 Å². The van der Waals surface area contributed by atoms with Gasteiger partial charge < -0.3 is 25.1 Å². The number of aliphatic hydroxyl groups excluding tert-OH is 1. The first-order chi connectivity index (χ1) is 18.3. The number of benzene rings is 3. The summed E-state index contributed by atoms with van der Waals surface area (Å²) in [5.41, 5.74) is 7.79. The monoisotopic (exact) mass is 522 g/mol. The fraction of sp³-hybridized carbons (Fsp3) is 0.345. The molecule has 9 nitrogen and oxygen atoms in total. The fourth-order valence-corrected chi connectivity index (χ4v) is 3.89. The van der Waals surface area contributed by atoms with Crippen LogP contribution in [0, 0.1) is 10.1 Å². The van der Waals surface area contributed by atoms with Gasteiger partial charge >= 0.3 is 11.7 Å². The van der Waals surface area contributed by atoms with Crippen LogP contribution in [0.3, 0.4) is 0 Å². The molecule has 0 heterocycles. The van der Waals surface area contributed by atoms with E-state index in [1.54, 1.807) is 48.5 Å². The lowest BCUT2D eigenvalue weighted by Crippen LogP contribution is -2.10. The van der Waals surface area contributed by atoms with Crippen LogP contribution in [-0.2, 0) is 0 Å². The molecule has 3 N–H and O–H groups in total. The van der Waals surface area contributed by atoms with Crippen LogP contribution >= 0.6 is 0 Å². The molecule has 3 aromatic carbocycles. The highest BCUT2D eigenvalue weighted by molar-refractivity contribution is 5.92. The molecule has 0 aromatic heterocycles. The van der Waals surface area contributed by atoms with Crippen LogP contribution in [0.2, 0.25) is 0 Å². The first-order valence-corrected chi connectivity index (χ1v) is 12.8. The van der Waals surface area contributed by atoms with Gasteiger partial charge in [-0.15, -0.1) is 0 Å². The maximum absolute atomic E-state index is 12.6. The largest absolute Gasteiger partial charge is 0.487 e. The standard InChI is InChI=1S/C29H34N2O7/c1-3-4-5-6-7-8-17-36-28-19-26(30)25(18-27(28)31(34)35)21-9-11-22(12-10-21)29(33)38-24-15-13-23(14-16-24)37-20(2)32/h9-16,18-20,32H,3-8,17,30H2,1-2H3. The Hall–Kier alpha value is -4.11. The molecule has 0 saturated carbocycles. The number of aliphatic hydroxyl groups is 1. The number of carbonyl (C=O) groups is 1. The van der Waals surface area contributed by atoms with Crippen molar-refractivity contribution in [2.24, 2.45) is 0 Å². The minimum atomic E-state index is -0.953. The minimum Gasteiger partial charge on any atom is -0.487 e. The van der Waals surface area contributed by atoms with E-state index in [2.05, 4.69) is 6.92 Å². The number of nitrogens with zero attached hydrogens (tertiary/aromatic N) is 1. The fourth-order valence-electron chi connectivity index (χ4n) is 3.89. The van der Waals surface area contributed by atoms with E-state index in [1.165, 1.54) is 38.3 Å². The van der Waals surface area contributed by atoms with Gasteiger partial charge in [0.2, 0.25) is 0 Å². The van der Waals surface area contributed by atoms with Crippen molar-refractivity contribution in [3.63, 3.8) is 0 Å². The molecule has 38 heavy (non-hydrogen) atoms. The van der Waals surface area contributed by atoms with Crippen molar-refractivity contribution in [3.8, 4) is 28.4 Å². The number of esters is 1. The molecule has 9 heteroatoms. The Morgan fingerprint density at radius 3 is 2.24 bits per heavy atom. The van der Waals surface area contributed by atoms with Gasteiger partial charge in [0.1, 0.15) is 11.5 Å². The molecule has 0 amide bonds. The van der Waals surface area contributed by atoms with E-state index < -0.39 is 17.2 Å². The molecule has 0 radical (unpaired) electrons. The number of hydrogen-bond donors (Lipinski definition) is 2. The van der Waals surface area contributed by atoms with Crippen LogP contribution in [0.4, 0.5) is 11.4 Å². The summed E-state index contributed by atoms with van der Waals surface area (Å²) in [6.07, 6.45) is 5.57. The van der Waals surface area contributed by atoms with Crippen molar-refractivity contribution >= 4 is 17.3 Å². The lowest BCUT2D eigenvalue weighted by Gasteiger charge is -2.12. The lowest BCUT2D eigenvalue weighted by molar-refractivity contribution is -0.385. The molecule has 3 rings (SSSR count). The molecule has 0 aliphatic heterocycles. The number of nitro benzene ring substituents is 1. The Labute approximate surface area is 222 Å². The maximum Gasteiger partial charge on any atom is 0.343 e. The minimum absolute atomic E-state index is 0.148. The number of rotatable bonds is 14. The highest BCUT2D eigenvalue weighted by atomic mass is 16.6. The van der Waals surface area contributed by atoms with Gasteiger partial charge in [0.25, 0.3) is 0 Å². The van der Waals surface area contributed by atoms with Crippen molar-refractivity contribution < 1.29 is 29.0 Å². The number of hydrogen-bond acceptors (Lipinski definition) is 8. The second-order valence-corrected chi connectivity index (χ2v) is 8.94. The predicted molar refractivity (Wildman–Crippen MR) is 146 cm³/mol. The summed E-state index contributed by atoms with van der Waals surface area (Å²) in [4.78, 5) is 23.8. The molecular weight excluding hydrogens is 488 g/mol. The molecule has 1 unspecified atom stereocenters. The maximum atomic E-state index is 12.6. The van der Waals surface area contributed by atoms with E-state index in [0.29, 0.717) is 40.5 Å². The Bertz CT molecular complexity index is 1210. The van der Waals surface area contributed by atoms with Gasteiger partial charge in [-0.05, 0) is 55.3 Å². The van der Waals surface area contributed by atoms with Gasteiger partial charge in [0.05, 0.1) is 17.1 Å². The van der Waals surface area contributed by atoms with Crippen LogP contribution < -0.4 is 19.9 Å². The highest BCUT2D eigenvalue weighted by Crippen LogP contribution is 2.37. The van der Waals surface area contributed by atoms with Crippen LogP contribution in [0.5, 0.6) is 17.2 Å². The molecule has 0 aliphatic rings. The molecule has 1 atom stereocenters. The van der Waals surface area contributed by atoms with Gasteiger partial charge in [-0.1, -0.05) is 51.2 Å². The van der Waals surface area contributed by atoms with Gasteiger partial charge in [-0.2, -0.15) is 0 Å². The normalized spacial score (nSPS) is 11.6. The first-order valence-electron chi connectivity index (χ1n) is 12.8. The zero-order valence-corrected chi connectivity index (χ0v) is 21.7. The van der Waals surface area contributed by atoms with E-state index >= 15 is 0 Å². The third kappa shape index (κ3) is 8.21. The molecular formula is C29H34N2O7. The van der Waals surface area contributed by atoms with E-state index in [-0.39, 0.29) is 11.4 Å². The predicted octanol–water partition coefficient (Wildman–Crippen LogP) is 6.52. The summed E-state index contributed by atoms with van der Waals surface area (Å²) in [7, 11) is 0. The highest BCUT2D eigenvalue weighted by Gasteiger charge is 2.20. The molecule has 0 bridgehead atoms. The van der Waals surface area contributed by atoms with E-state index in [1.807, 2.05) is 0 Å². The number of ether oxygens (including phenoxy) is 3.